The monoisotopic (exact) mass is 350 g/mol. The fraction of sp³-hybridized carbons (Fsp3) is 0.533. The molecule has 0 saturated carbocycles. The van der Waals surface area contributed by atoms with Crippen LogP contribution in [0.3, 0.4) is 0 Å². The molecule has 2 aromatic rings. The number of hydrogen-bond acceptors (Lipinski definition) is 8. The number of fused-ring (bicyclic) bond motifs is 1. The number of nitrogens with zero attached hydrogens (tertiary/aromatic N) is 3. The molecule has 3 rings (SSSR count). The van der Waals surface area contributed by atoms with Gasteiger partial charge in [0.2, 0.25) is 5.95 Å². The largest absolute Gasteiger partial charge is 0.369 e. The first-order valence-corrected chi connectivity index (χ1v) is 10.1. The summed E-state index contributed by atoms with van der Waals surface area (Å²) in [5, 5.41) is 10.2. The van der Waals surface area contributed by atoms with Crippen LogP contribution in [0.15, 0.2) is 5.38 Å². The van der Waals surface area contributed by atoms with Crippen LogP contribution in [0.5, 0.6) is 0 Å². The lowest BCUT2D eigenvalue weighted by Gasteiger charge is -2.13. The Morgan fingerprint density at radius 2 is 2.17 bits per heavy atom. The Bertz CT molecular complexity index is 657. The Morgan fingerprint density at radius 1 is 1.30 bits per heavy atom. The highest BCUT2D eigenvalue weighted by atomic mass is 32.2. The fourth-order valence-corrected chi connectivity index (χ4v) is 4.22. The van der Waals surface area contributed by atoms with Gasteiger partial charge in [-0.1, -0.05) is 0 Å². The molecule has 0 aromatic carbocycles. The van der Waals surface area contributed by atoms with Crippen molar-refractivity contribution >= 4 is 34.9 Å². The molecule has 23 heavy (non-hydrogen) atoms. The SMILES string of the molecule is CSCc1nc(CCNc2nc(N)nc3c2CCNCC3)cs1. The molecule has 1 aliphatic rings. The molecule has 3 heterocycles. The second-order valence-corrected chi connectivity index (χ2v) is 7.26. The Kier molecular flexibility index (Phi) is 5.69. The summed E-state index contributed by atoms with van der Waals surface area (Å²) in [7, 11) is 0. The molecule has 0 bridgehead atoms. The van der Waals surface area contributed by atoms with Crippen LogP contribution in [-0.4, -0.2) is 40.8 Å². The van der Waals surface area contributed by atoms with E-state index in [1.807, 2.05) is 0 Å². The molecule has 8 heteroatoms. The molecular formula is C15H22N6S2. The number of thioether (sulfide) groups is 1. The van der Waals surface area contributed by atoms with Gasteiger partial charge in [0.05, 0.1) is 11.4 Å². The summed E-state index contributed by atoms with van der Waals surface area (Å²) in [6.07, 6.45) is 4.83. The Balaban J connectivity index is 1.64. The van der Waals surface area contributed by atoms with Crippen LogP contribution < -0.4 is 16.4 Å². The molecule has 2 aromatic heterocycles. The smallest absolute Gasteiger partial charge is 0.222 e. The van der Waals surface area contributed by atoms with Crippen molar-refractivity contribution in [1.29, 1.82) is 0 Å². The minimum atomic E-state index is 0.351. The maximum Gasteiger partial charge on any atom is 0.222 e. The predicted molar refractivity (Wildman–Crippen MR) is 98.2 cm³/mol. The van der Waals surface area contributed by atoms with Crippen LogP contribution >= 0.6 is 23.1 Å². The van der Waals surface area contributed by atoms with Crippen LogP contribution in [0.2, 0.25) is 0 Å². The summed E-state index contributed by atoms with van der Waals surface area (Å²) >= 11 is 3.54. The van der Waals surface area contributed by atoms with E-state index in [0.717, 1.165) is 61.9 Å². The highest BCUT2D eigenvalue weighted by Gasteiger charge is 2.15. The number of anilines is 2. The summed E-state index contributed by atoms with van der Waals surface area (Å²) in [6, 6.07) is 0. The van der Waals surface area contributed by atoms with Crippen molar-refractivity contribution in [2.75, 3.05) is 36.9 Å². The lowest BCUT2D eigenvalue weighted by atomic mass is 10.1. The topological polar surface area (TPSA) is 88.8 Å². The first kappa shape index (κ1) is 16.5. The van der Waals surface area contributed by atoms with Gasteiger partial charge in [0, 0.05) is 42.6 Å². The van der Waals surface area contributed by atoms with Crippen LogP contribution in [-0.2, 0) is 25.0 Å². The van der Waals surface area contributed by atoms with Crippen LogP contribution in [0.1, 0.15) is 22.0 Å². The van der Waals surface area contributed by atoms with Crippen molar-refractivity contribution in [2.24, 2.45) is 0 Å². The average Bonchev–Trinajstić information content (AvgIpc) is 2.83. The van der Waals surface area contributed by atoms with E-state index < -0.39 is 0 Å². The Hall–Kier alpha value is -1.38. The zero-order valence-electron chi connectivity index (χ0n) is 13.3. The van der Waals surface area contributed by atoms with Crippen LogP contribution in [0.25, 0.3) is 0 Å². The summed E-state index contributed by atoms with van der Waals surface area (Å²) < 4.78 is 0. The number of nitrogen functional groups attached to an aromatic ring is 1. The van der Waals surface area contributed by atoms with E-state index in [0.29, 0.717) is 5.95 Å². The van der Waals surface area contributed by atoms with Crippen LogP contribution in [0, 0.1) is 0 Å². The quantitative estimate of drug-likeness (QED) is 0.731. The molecule has 0 aliphatic carbocycles. The maximum atomic E-state index is 5.86. The summed E-state index contributed by atoms with van der Waals surface area (Å²) in [5.74, 6) is 2.22. The van der Waals surface area contributed by atoms with Gasteiger partial charge in [-0.2, -0.15) is 16.7 Å². The Morgan fingerprint density at radius 3 is 3.04 bits per heavy atom. The summed E-state index contributed by atoms with van der Waals surface area (Å²) in [5.41, 5.74) is 9.27. The summed E-state index contributed by atoms with van der Waals surface area (Å²) in [6.45, 7) is 2.71. The van der Waals surface area contributed by atoms with Gasteiger partial charge in [-0.15, -0.1) is 11.3 Å². The van der Waals surface area contributed by atoms with Crippen molar-refractivity contribution in [1.82, 2.24) is 20.3 Å². The third-order valence-corrected chi connectivity index (χ3v) is 5.38. The zero-order chi connectivity index (χ0) is 16.1. The standard InChI is InChI=1S/C15H22N6S2/c1-22-9-13-19-10(8-23-13)2-7-18-14-11-3-5-17-6-4-12(11)20-15(16)21-14/h8,17H,2-7,9H2,1H3,(H3,16,18,20,21). The highest BCUT2D eigenvalue weighted by molar-refractivity contribution is 7.97. The minimum absolute atomic E-state index is 0.351. The van der Waals surface area contributed by atoms with Gasteiger partial charge < -0.3 is 16.4 Å². The van der Waals surface area contributed by atoms with E-state index in [-0.39, 0.29) is 0 Å². The first-order valence-electron chi connectivity index (χ1n) is 7.78. The van der Waals surface area contributed by atoms with Crippen molar-refractivity contribution in [3.63, 3.8) is 0 Å². The molecule has 6 nitrogen and oxygen atoms in total. The van der Waals surface area contributed by atoms with Gasteiger partial charge in [-0.05, 0) is 19.2 Å². The van der Waals surface area contributed by atoms with E-state index in [4.69, 9.17) is 5.73 Å². The van der Waals surface area contributed by atoms with Crippen LogP contribution in [0.4, 0.5) is 11.8 Å². The van der Waals surface area contributed by atoms with Crippen molar-refractivity contribution in [2.45, 2.75) is 25.0 Å². The van der Waals surface area contributed by atoms with E-state index in [1.165, 1.54) is 10.6 Å². The molecule has 0 amide bonds. The maximum absolute atomic E-state index is 5.86. The number of thiazole rings is 1. The van der Waals surface area contributed by atoms with E-state index in [1.54, 1.807) is 23.1 Å². The normalized spacial score (nSPS) is 14.3. The van der Waals surface area contributed by atoms with Gasteiger partial charge >= 0.3 is 0 Å². The lowest BCUT2D eigenvalue weighted by molar-refractivity contribution is 0.708. The molecule has 0 saturated heterocycles. The average molecular weight is 351 g/mol. The van der Waals surface area contributed by atoms with Gasteiger partial charge in [-0.3, -0.25) is 0 Å². The second kappa shape index (κ2) is 7.94. The highest BCUT2D eigenvalue weighted by Crippen LogP contribution is 2.21. The number of hydrogen-bond donors (Lipinski definition) is 3. The predicted octanol–water partition coefficient (Wildman–Crippen LogP) is 1.72. The third-order valence-electron chi connectivity index (χ3n) is 3.74. The number of nitrogens with one attached hydrogen (secondary N) is 2. The van der Waals surface area contributed by atoms with Crippen molar-refractivity contribution in [3.05, 3.63) is 27.3 Å². The lowest BCUT2D eigenvalue weighted by Crippen LogP contribution is -2.16. The third kappa shape index (κ3) is 4.33. The van der Waals surface area contributed by atoms with Gasteiger partial charge in [0.15, 0.2) is 0 Å². The second-order valence-electron chi connectivity index (χ2n) is 5.45. The van der Waals surface area contributed by atoms with E-state index in [9.17, 15) is 0 Å². The summed E-state index contributed by atoms with van der Waals surface area (Å²) in [4.78, 5) is 13.4. The van der Waals surface area contributed by atoms with Crippen molar-refractivity contribution in [3.8, 4) is 0 Å². The van der Waals surface area contributed by atoms with E-state index in [2.05, 4.69) is 37.2 Å². The zero-order valence-corrected chi connectivity index (χ0v) is 14.9. The number of nitrogens with two attached hydrogens (primary N) is 1. The molecule has 4 N–H and O–H groups in total. The molecule has 0 spiro atoms. The first-order chi connectivity index (χ1) is 11.3. The number of aromatic nitrogens is 3. The molecule has 124 valence electrons. The molecule has 0 radical (unpaired) electrons. The van der Waals surface area contributed by atoms with E-state index >= 15 is 0 Å². The molecule has 0 fully saturated rings. The molecule has 1 aliphatic heterocycles. The molecule has 0 atom stereocenters. The van der Waals surface area contributed by atoms with Crippen molar-refractivity contribution < 1.29 is 0 Å². The van der Waals surface area contributed by atoms with Gasteiger partial charge in [-0.25, -0.2) is 9.97 Å². The van der Waals surface area contributed by atoms with Gasteiger partial charge in [0.25, 0.3) is 0 Å². The molecular weight excluding hydrogens is 328 g/mol. The minimum Gasteiger partial charge on any atom is -0.369 e. The fourth-order valence-electron chi connectivity index (χ4n) is 2.67. The molecule has 0 unspecified atom stereocenters. The van der Waals surface area contributed by atoms with Gasteiger partial charge in [0.1, 0.15) is 10.8 Å². The number of rotatable bonds is 6. The Labute approximate surface area is 144 Å².